The number of nitrogens with zero attached hydrogens (tertiary/aromatic N) is 1. The highest BCUT2D eigenvalue weighted by atomic mass is 16.4. The van der Waals surface area contributed by atoms with E-state index in [2.05, 4.69) is 0 Å². The van der Waals surface area contributed by atoms with Crippen LogP contribution in [0, 0.1) is 0 Å². The van der Waals surface area contributed by atoms with Gasteiger partial charge in [-0.2, -0.15) is 0 Å². The third-order valence-corrected chi connectivity index (χ3v) is 2.74. The molecule has 1 fully saturated rings. The summed E-state index contributed by atoms with van der Waals surface area (Å²) >= 11 is 0. The number of aliphatic carboxylic acids is 1. The van der Waals surface area contributed by atoms with Crippen molar-refractivity contribution in [3.05, 3.63) is 12.2 Å². The summed E-state index contributed by atoms with van der Waals surface area (Å²) in [6.07, 6.45) is 3.83. The average Bonchev–Trinajstić information content (AvgIpc) is 2.35. The summed E-state index contributed by atoms with van der Waals surface area (Å²) in [5.41, 5.74) is -0.717. The lowest BCUT2D eigenvalue weighted by Crippen LogP contribution is -2.32. The van der Waals surface area contributed by atoms with E-state index in [-0.39, 0.29) is 5.91 Å². The fraction of sp³-hybridized carbons (Fsp3) is 0.636. The second-order valence-electron chi connectivity index (χ2n) is 4.35. The van der Waals surface area contributed by atoms with Gasteiger partial charge in [0.25, 0.3) is 0 Å². The summed E-state index contributed by atoms with van der Waals surface area (Å²) in [4.78, 5) is 23.4. The summed E-state index contributed by atoms with van der Waals surface area (Å²) < 4.78 is 0. The zero-order valence-corrected chi connectivity index (χ0v) is 9.35. The lowest BCUT2D eigenvalue weighted by Gasteiger charge is -2.21. The number of hydrogen-bond acceptors (Lipinski definition) is 3. The van der Waals surface area contributed by atoms with Gasteiger partial charge in [0.05, 0.1) is 5.60 Å². The predicted molar refractivity (Wildman–Crippen MR) is 57.8 cm³/mol. The van der Waals surface area contributed by atoms with Gasteiger partial charge in [-0.3, -0.25) is 4.79 Å². The van der Waals surface area contributed by atoms with Crippen molar-refractivity contribution in [3.63, 3.8) is 0 Å². The molecule has 5 nitrogen and oxygen atoms in total. The molecule has 1 atom stereocenters. The number of amides is 1. The van der Waals surface area contributed by atoms with Crippen LogP contribution in [-0.4, -0.2) is 45.7 Å². The van der Waals surface area contributed by atoms with Gasteiger partial charge in [0.1, 0.15) is 0 Å². The number of carboxylic acid groups (broad SMARTS) is 1. The molecule has 1 saturated heterocycles. The van der Waals surface area contributed by atoms with Crippen molar-refractivity contribution >= 4 is 11.9 Å². The van der Waals surface area contributed by atoms with Crippen LogP contribution in [0.4, 0.5) is 0 Å². The van der Waals surface area contributed by atoms with Crippen molar-refractivity contribution in [2.75, 3.05) is 13.1 Å². The fourth-order valence-corrected chi connectivity index (χ4v) is 1.73. The molecule has 1 rings (SSSR count). The van der Waals surface area contributed by atoms with Crippen molar-refractivity contribution in [2.45, 2.75) is 31.8 Å². The molecule has 0 aliphatic carbocycles. The first-order valence-corrected chi connectivity index (χ1v) is 5.33. The molecule has 0 saturated carbocycles. The molecule has 1 aliphatic rings. The third-order valence-electron chi connectivity index (χ3n) is 2.74. The Balaban J connectivity index is 2.55. The number of likely N-dealkylation sites (tertiary alicyclic amines) is 1. The minimum absolute atomic E-state index is 0.305. The van der Waals surface area contributed by atoms with Gasteiger partial charge in [-0.05, 0) is 26.2 Å². The second kappa shape index (κ2) is 5.12. The Hall–Kier alpha value is -1.36. The Morgan fingerprint density at radius 1 is 1.25 bits per heavy atom. The van der Waals surface area contributed by atoms with E-state index < -0.39 is 11.6 Å². The van der Waals surface area contributed by atoms with Crippen molar-refractivity contribution in [1.29, 1.82) is 0 Å². The Bertz CT molecular complexity index is 309. The topological polar surface area (TPSA) is 77.8 Å². The Kier molecular flexibility index (Phi) is 4.06. The quantitative estimate of drug-likeness (QED) is 0.669. The van der Waals surface area contributed by atoms with E-state index in [1.807, 2.05) is 0 Å². The molecule has 90 valence electrons. The molecule has 16 heavy (non-hydrogen) atoms. The number of aliphatic hydroxyl groups is 1. The molecule has 1 amide bonds. The monoisotopic (exact) mass is 227 g/mol. The maximum absolute atomic E-state index is 11.6. The van der Waals surface area contributed by atoms with E-state index in [4.69, 9.17) is 5.11 Å². The SMILES string of the molecule is CC1(O)CCCN(C(=O)/C=C/C(=O)O)CC1. The standard InChI is InChI=1S/C11H17NO4/c1-11(16)5-2-7-12(8-6-11)9(13)3-4-10(14)15/h3-4,16H,2,5-8H2,1H3,(H,14,15)/b4-3+. The Labute approximate surface area is 94.4 Å². The van der Waals surface area contributed by atoms with E-state index in [0.29, 0.717) is 25.9 Å². The summed E-state index contributed by atoms with van der Waals surface area (Å²) in [5, 5.41) is 18.2. The highest BCUT2D eigenvalue weighted by Crippen LogP contribution is 2.21. The summed E-state index contributed by atoms with van der Waals surface area (Å²) in [6.45, 7) is 2.79. The van der Waals surface area contributed by atoms with Crippen LogP contribution in [-0.2, 0) is 9.59 Å². The minimum atomic E-state index is -1.13. The number of rotatable bonds is 2. The zero-order chi connectivity index (χ0) is 12.2. The summed E-state index contributed by atoms with van der Waals surface area (Å²) in [5.74, 6) is -1.43. The average molecular weight is 227 g/mol. The lowest BCUT2D eigenvalue weighted by atomic mass is 9.98. The van der Waals surface area contributed by atoms with Gasteiger partial charge in [0, 0.05) is 25.2 Å². The minimum Gasteiger partial charge on any atom is -0.478 e. The number of carbonyl (C=O) groups is 2. The molecule has 1 heterocycles. The van der Waals surface area contributed by atoms with Gasteiger partial charge in [-0.15, -0.1) is 0 Å². The first-order chi connectivity index (χ1) is 7.41. The molecule has 0 bridgehead atoms. The highest BCUT2D eigenvalue weighted by Gasteiger charge is 2.26. The zero-order valence-electron chi connectivity index (χ0n) is 9.35. The molecular formula is C11H17NO4. The van der Waals surface area contributed by atoms with E-state index >= 15 is 0 Å². The first-order valence-electron chi connectivity index (χ1n) is 5.33. The van der Waals surface area contributed by atoms with E-state index in [9.17, 15) is 14.7 Å². The van der Waals surface area contributed by atoms with Gasteiger partial charge < -0.3 is 15.1 Å². The van der Waals surface area contributed by atoms with Gasteiger partial charge in [0.15, 0.2) is 0 Å². The molecule has 5 heteroatoms. The molecule has 0 aromatic rings. The largest absolute Gasteiger partial charge is 0.478 e. The molecule has 1 unspecified atom stereocenters. The smallest absolute Gasteiger partial charge is 0.328 e. The number of carbonyl (C=O) groups excluding carboxylic acids is 1. The van der Waals surface area contributed by atoms with Crippen LogP contribution >= 0.6 is 0 Å². The summed E-state index contributed by atoms with van der Waals surface area (Å²) in [7, 11) is 0. The molecule has 0 spiro atoms. The second-order valence-corrected chi connectivity index (χ2v) is 4.35. The van der Waals surface area contributed by atoms with E-state index in [1.165, 1.54) is 0 Å². The van der Waals surface area contributed by atoms with Gasteiger partial charge in [-0.1, -0.05) is 0 Å². The third kappa shape index (κ3) is 4.02. The maximum Gasteiger partial charge on any atom is 0.328 e. The molecule has 0 aromatic carbocycles. The first kappa shape index (κ1) is 12.7. The van der Waals surface area contributed by atoms with Crippen LogP contribution in [0.5, 0.6) is 0 Å². The normalized spacial score (nSPS) is 26.8. The van der Waals surface area contributed by atoms with Crippen molar-refractivity contribution < 1.29 is 19.8 Å². The van der Waals surface area contributed by atoms with Gasteiger partial charge in [-0.25, -0.2) is 4.79 Å². The molecule has 0 aromatic heterocycles. The Morgan fingerprint density at radius 2 is 1.94 bits per heavy atom. The van der Waals surface area contributed by atoms with E-state index in [1.54, 1.807) is 11.8 Å². The molecule has 1 aliphatic heterocycles. The number of carboxylic acids is 1. The van der Waals surface area contributed by atoms with E-state index in [0.717, 1.165) is 18.6 Å². The van der Waals surface area contributed by atoms with Crippen LogP contribution in [0.1, 0.15) is 26.2 Å². The van der Waals surface area contributed by atoms with Crippen LogP contribution in [0.25, 0.3) is 0 Å². The molecular weight excluding hydrogens is 210 g/mol. The predicted octanol–water partition coefficient (Wildman–Crippen LogP) is 0.391. The fourth-order valence-electron chi connectivity index (χ4n) is 1.73. The lowest BCUT2D eigenvalue weighted by molar-refractivity contribution is -0.132. The van der Waals surface area contributed by atoms with Crippen LogP contribution < -0.4 is 0 Å². The van der Waals surface area contributed by atoms with Crippen LogP contribution in [0.15, 0.2) is 12.2 Å². The van der Waals surface area contributed by atoms with Crippen molar-refractivity contribution in [1.82, 2.24) is 4.90 Å². The highest BCUT2D eigenvalue weighted by molar-refractivity contribution is 5.93. The van der Waals surface area contributed by atoms with Crippen molar-refractivity contribution in [2.24, 2.45) is 0 Å². The van der Waals surface area contributed by atoms with Gasteiger partial charge >= 0.3 is 5.97 Å². The van der Waals surface area contributed by atoms with Gasteiger partial charge in [0.2, 0.25) is 5.91 Å². The maximum atomic E-state index is 11.6. The molecule has 0 radical (unpaired) electrons. The number of hydrogen-bond donors (Lipinski definition) is 2. The Morgan fingerprint density at radius 3 is 2.56 bits per heavy atom. The van der Waals surface area contributed by atoms with Crippen molar-refractivity contribution in [3.8, 4) is 0 Å². The molecule has 2 N–H and O–H groups in total. The van der Waals surface area contributed by atoms with Crippen LogP contribution in [0.2, 0.25) is 0 Å². The summed E-state index contributed by atoms with van der Waals surface area (Å²) in [6, 6.07) is 0. The van der Waals surface area contributed by atoms with Crippen LogP contribution in [0.3, 0.4) is 0 Å².